The smallest absolute Gasteiger partial charge is 0.404 e. The van der Waals surface area contributed by atoms with Gasteiger partial charge < -0.3 is 15.3 Å². The molecule has 2 rings (SSSR count). The van der Waals surface area contributed by atoms with Crippen LogP contribution in [0, 0.1) is 0 Å². The maximum absolute atomic E-state index is 10.5. The molecule has 1 aromatic heterocycles. The summed E-state index contributed by atoms with van der Waals surface area (Å²) in [4.78, 5) is 20.0. The van der Waals surface area contributed by atoms with Gasteiger partial charge in [-0.3, -0.25) is 4.98 Å². The van der Waals surface area contributed by atoms with Crippen molar-refractivity contribution in [1.29, 1.82) is 0 Å². The molecule has 0 radical (unpaired) electrons. The van der Waals surface area contributed by atoms with Gasteiger partial charge in [-0.2, -0.15) is 0 Å². The van der Waals surface area contributed by atoms with Gasteiger partial charge in [-0.05, 0) is 37.8 Å². The minimum Gasteiger partial charge on any atom is -0.465 e. The SMILES string of the molecule is O=C(O)NC1CCC(ON=Cc2ccccn2)CC1. The highest BCUT2D eigenvalue weighted by molar-refractivity contribution is 5.76. The fourth-order valence-corrected chi connectivity index (χ4v) is 2.11. The second kappa shape index (κ2) is 6.72. The molecule has 0 aromatic carbocycles. The highest BCUT2D eigenvalue weighted by atomic mass is 16.6. The van der Waals surface area contributed by atoms with Crippen molar-refractivity contribution in [2.75, 3.05) is 0 Å². The van der Waals surface area contributed by atoms with Gasteiger partial charge in [0.15, 0.2) is 0 Å². The Kier molecular flexibility index (Phi) is 4.72. The summed E-state index contributed by atoms with van der Waals surface area (Å²) in [5.74, 6) is 0. The zero-order valence-corrected chi connectivity index (χ0v) is 10.5. The van der Waals surface area contributed by atoms with Crippen LogP contribution in [0.4, 0.5) is 4.79 Å². The van der Waals surface area contributed by atoms with E-state index in [9.17, 15) is 4.79 Å². The number of nitrogens with zero attached hydrogens (tertiary/aromatic N) is 2. The molecule has 1 amide bonds. The lowest BCUT2D eigenvalue weighted by Gasteiger charge is -2.26. The first-order chi connectivity index (χ1) is 9.24. The fourth-order valence-electron chi connectivity index (χ4n) is 2.11. The Hall–Kier alpha value is -2.11. The van der Waals surface area contributed by atoms with E-state index in [1.165, 1.54) is 0 Å². The zero-order chi connectivity index (χ0) is 13.5. The lowest BCUT2D eigenvalue weighted by Crippen LogP contribution is -2.37. The van der Waals surface area contributed by atoms with Gasteiger partial charge in [0, 0.05) is 12.2 Å². The molecule has 0 aliphatic heterocycles. The monoisotopic (exact) mass is 263 g/mol. The molecule has 1 aromatic rings. The van der Waals surface area contributed by atoms with Gasteiger partial charge in [0.2, 0.25) is 0 Å². The summed E-state index contributed by atoms with van der Waals surface area (Å²) in [5.41, 5.74) is 0.753. The first-order valence-corrected chi connectivity index (χ1v) is 6.34. The van der Waals surface area contributed by atoms with Crippen molar-refractivity contribution in [3.63, 3.8) is 0 Å². The van der Waals surface area contributed by atoms with Crippen LogP contribution in [-0.2, 0) is 4.84 Å². The van der Waals surface area contributed by atoms with Gasteiger partial charge >= 0.3 is 6.09 Å². The van der Waals surface area contributed by atoms with E-state index in [2.05, 4.69) is 15.5 Å². The van der Waals surface area contributed by atoms with Crippen molar-refractivity contribution < 1.29 is 14.7 Å². The van der Waals surface area contributed by atoms with Crippen LogP contribution < -0.4 is 5.32 Å². The predicted octanol–water partition coefficient (Wildman–Crippen LogP) is 2.01. The molecular weight excluding hydrogens is 246 g/mol. The fraction of sp³-hybridized carbons (Fsp3) is 0.462. The lowest BCUT2D eigenvalue weighted by molar-refractivity contribution is 0.0277. The highest BCUT2D eigenvalue weighted by Gasteiger charge is 2.23. The summed E-state index contributed by atoms with van der Waals surface area (Å²) in [6, 6.07) is 5.61. The van der Waals surface area contributed by atoms with E-state index in [-0.39, 0.29) is 12.1 Å². The highest BCUT2D eigenvalue weighted by Crippen LogP contribution is 2.21. The van der Waals surface area contributed by atoms with Crippen molar-refractivity contribution in [1.82, 2.24) is 10.3 Å². The van der Waals surface area contributed by atoms with E-state index in [0.29, 0.717) is 0 Å². The molecule has 1 aliphatic carbocycles. The molecule has 1 fully saturated rings. The summed E-state index contributed by atoms with van der Waals surface area (Å²) in [6.07, 6.45) is 5.58. The minimum atomic E-state index is -0.961. The Balaban J connectivity index is 1.71. The summed E-state index contributed by atoms with van der Waals surface area (Å²) >= 11 is 0. The molecule has 2 N–H and O–H groups in total. The quantitative estimate of drug-likeness (QED) is 0.643. The van der Waals surface area contributed by atoms with Gasteiger partial charge in [-0.15, -0.1) is 0 Å². The number of pyridine rings is 1. The van der Waals surface area contributed by atoms with E-state index in [1.807, 2.05) is 18.2 Å². The van der Waals surface area contributed by atoms with Crippen LogP contribution in [-0.4, -0.2) is 34.5 Å². The Morgan fingerprint density at radius 3 is 2.84 bits per heavy atom. The Labute approximate surface area is 111 Å². The second-order valence-electron chi connectivity index (χ2n) is 4.52. The van der Waals surface area contributed by atoms with E-state index >= 15 is 0 Å². The third-order valence-corrected chi connectivity index (χ3v) is 3.08. The molecule has 102 valence electrons. The topological polar surface area (TPSA) is 83.8 Å². The summed E-state index contributed by atoms with van der Waals surface area (Å²) in [6.45, 7) is 0. The average Bonchev–Trinajstić information content (AvgIpc) is 2.41. The van der Waals surface area contributed by atoms with Crippen molar-refractivity contribution in [3.05, 3.63) is 30.1 Å². The maximum atomic E-state index is 10.5. The number of hydrogen-bond acceptors (Lipinski definition) is 4. The maximum Gasteiger partial charge on any atom is 0.404 e. The van der Waals surface area contributed by atoms with Gasteiger partial charge in [0.25, 0.3) is 0 Å². The molecule has 1 heterocycles. The van der Waals surface area contributed by atoms with Crippen LogP contribution in [0.2, 0.25) is 0 Å². The van der Waals surface area contributed by atoms with Crippen LogP contribution in [0.5, 0.6) is 0 Å². The first kappa shape index (κ1) is 13.3. The normalized spacial score (nSPS) is 23.2. The molecule has 1 aliphatic rings. The van der Waals surface area contributed by atoms with Gasteiger partial charge in [-0.1, -0.05) is 11.2 Å². The molecule has 6 nitrogen and oxygen atoms in total. The van der Waals surface area contributed by atoms with Crippen molar-refractivity contribution in [2.24, 2.45) is 5.16 Å². The van der Waals surface area contributed by atoms with Crippen molar-refractivity contribution in [3.8, 4) is 0 Å². The van der Waals surface area contributed by atoms with Crippen molar-refractivity contribution >= 4 is 12.3 Å². The standard InChI is InChI=1S/C13H17N3O3/c17-13(18)16-10-4-6-12(7-5-10)19-15-9-11-3-1-2-8-14-11/h1-3,8-10,12,16H,4-7H2,(H,17,18). The zero-order valence-electron chi connectivity index (χ0n) is 10.5. The van der Waals surface area contributed by atoms with E-state index in [1.54, 1.807) is 12.4 Å². The van der Waals surface area contributed by atoms with Crippen LogP contribution in [0.25, 0.3) is 0 Å². The number of aromatic nitrogens is 1. The summed E-state index contributed by atoms with van der Waals surface area (Å²) < 4.78 is 0. The Morgan fingerprint density at radius 1 is 1.42 bits per heavy atom. The number of hydrogen-bond donors (Lipinski definition) is 2. The molecular formula is C13H17N3O3. The average molecular weight is 263 g/mol. The summed E-state index contributed by atoms with van der Waals surface area (Å²) in [7, 11) is 0. The van der Waals surface area contributed by atoms with Gasteiger partial charge in [-0.25, -0.2) is 4.79 Å². The van der Waals surface area contributed by atoms with E-state index in [4.69, 9.17) is 9.94 Å². The number of amides is 1. The lowest BCUT2D eigenvalue weighted by atomic mass is 9.93. The van der Waals surface area contributed by atoms with E-state index in [0.717, 1.165) is 31.4 Å². The summed E-state index contributed by atoms with van der Waals surface area (Å²) in [5, 5.41) is 15.1. The number of rotatable bonds is 4. The van der Waals surface area contributed by atoms with Crippen LogP contribution in [0.1, 0.15) is 31.4 Å². The molecule has 0 bridgehead atoms. The third-order valence-electron chi connectivity index (χ3n) is 3.08. The Morgan fingerprint density at radius 2 is 2.21 bits per heavy atom. The number of oxime groups is 1. The molecule has 0 spiro atoms. The minimum absolute atomic E-state index is 0.0390. The van der Waals surface area contributed by atoms with Gasteiger partial charge in [0.05, 0.1) is 11.9 Å². The third kappa shape index (κ3) is 4.57. The predicted molar refractivity (Wildman–Crippen MR) is 70.1 cm³/mol. The molecule has 1 saturated carbocycles. The van der Waals surface area contributed by atoms with Crippen LogP contribution in [0.3, 0.4) is 0 Å². The molecule has 0 atom stereocenters. The number of carbonyl (C=O) groups is 1. The van der Waals surface area contributed by atoms with E-state index < -0.39 is 6.09 Å². The molecule has 19 heavy (non-hydrogen) atoms. The Bertz CT molecular complexity index is 428. The molecule has 6 heteroatoms. The largest absolute Gasteiger partial charge is 0.465 e. The number of carboxylic acid groups (broad SMARTS) is 1. The molecule has 0 unspecified atom stereocenters. The van der Waals surface area contributed by atoms with Crippen LogP contribution >= 0.6 is 0 Å². The second-order valence-corrected chi connectivity index (χ2v) is 4.52. The molecule has 0 saturated heterocycles. The number of nitrogens with one attached hydrogen (secondary N) is 1. The van der Waals surface area contributed by atoms with Crippen molar-refractivity contribution in [2.45, 2.75) is 37.8 Å². The van der Waals surface area contributed by atoms with Crippen LogP contribution in [0.15, 0.2) is 29.6 Å². The van der Waals surface area contributed by atoms with Gasteiger partial charge in [0.1, 0.15) is 6.10 Å². The first-order valence-electron chi connectivity index (χ1n) is 6.34.